The van der Waals surface area contributed by atoms with E-state index in [2.05, 4.69) is 10.2 Å². The van der Waals surface area contributed by atoms with Crippen molar-refractivity contribution in [2.75, 3.05) is 5.32 Å². The largest absolute Gasteiger partial charge is 0.326 e. The van der Waals surface area contributed by atoms with E-state index >= 15 is 0 Å². The van der Waals surface area contributed by atoms with Crippen LogP contribution >= 0.6 is 0 Å². The Labute approximate surface area is 89.9 Å². The Balaban J connectivity index is 2.58. The summed E-state index contributed by atoms with van der Waals surface area (Å²) in [5.74, 6) is 0.369. The fourth-order valence-electron chi connectivity index (χ4n) is 1.20. The first-order valence-corrected chi connectivity index (χ1v) is 4.89. The van der Waals surface area contributed by atoms with Gasteiger partial charge in [-0.1, -0.05) is 26.0 Å². The molecule has 0 heterocycles. The van der Waals surface area contributed by atoms with Gasteiger partial charge in [-0.3, -0.25) is 4.79 Å². The van der Waals surface area contributed by atoms with Gasteiger partial charge in [0.05, 0.1) is 6.57 Å². The molecule has 3 heteroatoms. The summed E-state index contributed by atoms with van der Waals surface area (Å²) in [6.45, 7) is 10.8. The van der Waals surface area contributed by atoms with Gasteiger partial charge in [-0.05, 0) is 18.1 Å². The average molecular weight is 202 g/mol. The molecule has 0 aliphatic carbocycles. The molecule has 0 atom stereocenters. The highest BCUT2D eigenvalue weighted by atomic mass is 16.1. The summed E-state index contributed by atoms with van der Waals surface area (Å²) in [7, 11) is 0. The van der Waals surface area contributed by atoms with E-state index in [1.807, 2.05) is 13.8 Å². The zero-order chi connectivity index (χ0) is 11.3. The van der Waals surface area contributed by atoms with E-state index in [4.69, 9.17) is 6.57 Å². The van der Waals surface area contributed by atoms with Gasteiger partial charge in [-0.25, -0.2) is 4.85 Å². The van der Waals surface area contributed by atoms with Crippen molar-refractivity contribution in [1.82, 2.24) is 0 Å². The van der Waals surface area contributed by atoms with E-state index in [0.29, 0.717) is 18.0 Å². The summed E-state index contributed by atoms with van der Waals surface area (Å²) in [5, 5.41) is 2.78. The number of nitrogens with zero attached hydrogens (tertiary/aromatic N) is 1. The molecular weight excluding hydrogens is 188 g/mol. The van der Waals surface area contributed by atoms with Crippen LogP contribution in [-0.4, -0.2) is 5.91 Å². The lowest BCUT2D eigenvalue weighted by Crippen LogP contribution is -2.13. The molecule has 0 aliphatic heterocycles. The molecule has 0 radical (unpaired) electrons. The summed E-state index contributed by atoms with van der Waals surface area (Å²) in [4.78, 5) is 14.7. The predicted octanol–water partition coefficient (Wildman–Crippen LogP) is 3.22. The Morgan fingerprint density at radius 2 is 2.00 bits per heavy atom. The van der Waals surface area contributed by atoms with Crippen molar-refractivity contribution in [3.05, 3.63) is 35.7 Å². The molecule has 78 valence electrons. The Bertz CT molecular complexity index is 374. The van der Waals surface area contributed by atoms with Crippen LogP contribution in [-0.2, 0) is 4.79 Å². The molecule has 1 N–H and O–H groups in total. The molecule has 0 unspecified atom stereocenters. The second-order valence-corrected chi connectivity index (χ2v) is 3.80. The number of amides is 1. The fourth-order valence-corrected chi connectivity index (χ4v) is 1.20. The normalized spacial score (nSPS) is 9.73. The molecule has 0 bridgehead atoms. The van der Waals surface area contributed by atoms with Gasteiger partial charge in [-0.2, -0.15) is 0 Å². The third-order valence-corrected chi connectivity index (χ3v) is 1.87. The summed E-state index contributed by atoms with van der Waals surface area (Å²) >= 11 is 0. The highest BCUT2D eigenvalue weighted by molar-refractivity contribution is 5.90. The number of rotatable bonds is 3. The third-order valence-electron chi connectivity index (χ3n) is 1.87. The zero-order valence-corrected chi connectivity index (χ0v) is 8.95. The molecule has 1 aromatic rings. The summed E-state index contributed by atoms with van der Waals surface area (Å²) in [5.41, 5.74) is 1.32. The number of hydrogen-bond donors (Lipinski definition) is 1. The maximum Gasteiger partial charge on any atom is 0.224 e. The molecule has 0 saturated carbocycles. The second kappa shape index (κ2) is 5.16. The number of anilines is 1. The monoisotopic (exact) mass is 202 g/mol. The topological polar surface area (TPSA) is 33.5 Å². The van der Waals surface area contributed by atoms with Crippen molar-refractivity contribution in [2.24, 2.45) is 5.92 Å². The number of benzene rings is 1. The number of nitrogens with one attached hydrogen (secondary N) is 1. The van der Waals surface area contributed by atoms with Crippen molar-refractivity contribution in [3.63, 3.8) is 0 Å². The first-order chi connectivity index (χ1) is 7.11. The van der Waals surface area contributed by atoms with Crippen molar-refractivity contribution in [3.8, 4) is 0 Å². The van der Waals surface area contributed by atoms with Crippen LogP contribution in [0.1, 0.15) is 20.3 Å². The lowest BCUT2D eigenvalue weighted by atomic mass is 10.1. The van der Waals surface area contributed by atoms with Crippen LogP contribution in [0.2, 0.25) is 0 Å². The molecule has 0 aliphatic rings. The molecule has 0 aromatic heterocycles. The standard InChI is InChI=1S/C12H14N2O/c1-9(2)8-12(15)14-11-6-4-10(13-3)5-7-11/h4-7,9H,8H2,1-2H3,(H,14,15). The van der Waals surface area contributed by atoms with E-state index in [9.17, 15) is 4.79 Å². The Kier molecular flexibility index (Phi) is 3.87. The quantitative estimate of drug-likeness (QED) is 0.750. The van der Waals surface area contributed by atoms with E-state index in [1.54, 1.807) is 24.3 Å². The van der Waals surface area contributed by atoms with Gasteiger partial charge < -0.3 is 5.32 Å². The van der Waals surface area contributed by atoms with Crippen LogP contribution in [0.5, 0.6) is 0 Å². The molecular formula is C12H14N2O. The molecule has 0 fully saturated rings. The Hall–Kier alpha value is -1.82. The summed E-state index contributed by atoms with van der Waals surface area (Å²) in [6.07, 6.45) is 0.518. The molecule has 0 saturated heterocycles. The van der Waals surface area contributed by atoms with Crippen molar-refractivity contribution < 1.29 is 4.79 Å². The van der Waals surface area contributed by atoms with Crippen LogP contribution in [0.3, 0.4) is 0 Å². The first-order valence-electron chi connectivity index (χ1n) is 4.89. The highest BCUT2D eigenvalue weighted by Crippen LogP contribution is 2.16. The molecule has 15 heavy (non-hydrogen) atoms. The Morgan fingerprint density at radius 3 is 2.47 bits per heavy atom. The number of hydrogen-bond acceptors (Lipinski definition) is 1. The first kappa shape index (κ1) is 11.3. The van der Waals surface area contributed by atoms with Crippen molar-refractivity contribution >= 4 is 17.3 Å². The minimum atomic E-state index is 0.0144. The predicted molar refractivity (Wildman–Crippen MR) is 60.8 cm³/mol. The molecule has 1 rings (SSSR count). The van der Waals surface area contributed by atoms with Gasteiger partial charge >= 0.3 is 0 Å². The fraction of sp³-hybridized carbons (Fsp3) is 0.333. The lowest BCUT2D eigenvalue weighted by molar-refractivity contribution is -0.116. The maximum absolute atomic E-state index is 11.4. The van der Waals surface area contributed by atoms with E-state index in [1.165, 1.54) is 0 Å². The van der Waals surface area contributed by atoms with Gasteiger partial charge in [0.1, 0.15) is 0 Å². The Morgan fingerprint density at radius 1 is 1.40 bits per heavy atom. The third kappa shape index (κ3) is 3.82. The maximum atomic E-state index is 11.4. The van der Waals surface area contributed by atoms with Gasteiger partial charge in [0.2, 0.25) is 5.91 Å². The molecule has 1 aromatic carbocycles. The summed E-state index contributed by atoms with van der Waals surface area (Å²) < 4.78 is 0. The smallest absolute Gasteiger partial charge is 0.224 e. The molecule has 0 spiro atoms. The van der Waals surface area contributed by atoms with Crippen LogP contribution in [0.15, 0.2) is 24.3 Å². The summed E-state index contributed by atoms with van der Waals surface area (Å²) in [6, 6.07) is 6.87. The average Bonchev–Trinajstić information content (AvgIpc) is 2.17. The minimum absolute atomic E-state index is 0.0144. The van der Waals surface area contributed by atoms with Crippen LogP contribution in [0.4, 0.5) is 11.4 Å². The van der Waals surface area contributed by atoms with E-state index in [0.717, 1.165) is 5.69 Å². The van der Waals surface area contributed by atoms with Gasteiger partial charge in [0.25, 0.3) is 0 Å². The molecule has 1 amide bonds. The molecule has 3 nitrogen and oxygen atoms in total. The highest BCUT2D eigenvalue weighted by Gasteiger charge is 2.04. The van der Waals surface area contributed by atoms with Crippen molar-refractivity contribution in [1.29, 1.82) is 0 Å². The van der Waals surface area contributed by atoms with Gasteiger partial charge in [-0.15, -0.1) is 0 Å². The van der Waals surface area contributed by atoms with E-state index < -0.39 is 0 Å². The van der Waals surface area contributed by atoms with Gasteiger partial charge in [0.15, 0.2) is 5.69 Å². The van der Waals surface area contributed by atoms with Crippen LogP contribution < -0.4 is 5.32 Å². The van der Waals surface area contributed by atoms with E-state index in [-0.39, 0.29) is 5.91 Å². The second-order valence-electron chi connectivity index (χ2n) is 3.80. The number of carbonyl (C=O) groups is 1. The SMILES string of the molecule is [C-]#[N+]c1ccc(NC(=O)CC(C)C)cc1. The minimum Gasteiger partial charge on any atom is -0.326 e. The van der Waals surface area contributed by atoms with Crippen molar-refractivity contribution in [2.45, 2.75) is 20.3 Å². The van der Waals surface area contributed by atoms with Crippen LogP contribution in [0.25, 0.3) is 4.85 Å². The number of carbonyl (C=O) groups excluding carboxylic acids is 1. The van der Waals surface area contributed by atoms with Crippen LogP contribution in [0, 0.1) is 12.5 Å². The van der Waals surface area contributed by atoms with Gasteiger partial charge in [0, 0.05) is 12.1 Å². The zero-order valence-electron chi connectivity index (χ0n) is 8.95. The lowest BCUT2D eigenvalue weighted by Gasteiger charge is -2.06.